The first kappa shape index (κ1) is 16.9. The maximum absolute atomic E-state index is 13.5. The predicted molar refractivity (Wildman–Crippen MR) is 104 cm³/mol. The van der Waals surface area contributed by atoms with Crippen LogP contribution in [0.4, 0.5) is 11.4 Å². The van der Waals surface area contributed by atoms with Crippen molar-refractivity contribution in [3.8, 4) is 6.07 Å². The minimum Gasteiger partial charge on any atom is -0.327 e. The van der Waals surface area contributed by atoms with Crippen LogP contribution in [0.3, 0.4) is 0 Å². The SMILES string of the molecule is Cc1ccccc1N1C(S)N(c2ccnc(C#N)c2C)C(=O)C12CCC2. The van der Waals surface area contributed by atoms with Crippen LogP contribution in [0.1, 0.15) is 36.1 Å². The summed E-state index contributed by atoms with van der Waals surface area (Å²) in [5.74, 6) is 0.0604. The molecule has 1 saturated heterocycles. The third-order valence-electron chi connectivity index (χ3n) is 5.64. The smallest absolute Gasteiger partial charge is 0.255 e. The highest BCUT2D eigenvalue weighted by atomic mass is 32.1. The van der Waals surface area contributed by atoms with Crippen LogP contribution in [0.5, 0.6) is 0 Å². The minimum atomic E-state index is -0.541. The second-order valence-electron chi connectivity index (χ2n) is 6.98. The fourth-order valence-electron chi connectivity index (χ4n) is 4.06. The monoisotopic (exact) mass is 364 g/mol. The molecule has 0 radical (unpaired) electrons. The molecule has 4 rings (SSSR count). The summed E-state index contributed by atoms with van der Waals surface area (Å²) >= 11 is 4.85. The van der Waals surface area contributed by atoms with Gasteiger partial charge in [-0.25, -0.2) is 4.98 Å². The molecule has 1 aliphatic heterocycles. The molecule has 26 heavy (non-hydrogen) atoms. The molecule has 1 amide bonds. The largest absolute Gasteiger partial charge is 0.327 e. The summed E-state index contributed by atoms with van der Waals surface area (Å²) in [5.41, 5.74) is 2.96. The molecule has 2 heterocycles. The Bertz CT molecular complexity index is 932. The molecule has 2 aromatic rings. The van der Waals surface area contributed by atoms with Crippen LogP contribution in [0.2, 0.25) is 0 Å². The van der Waals surface area contributed by atoms with Crippen LogP contribution in [0.15, 0.2) is 36.5 Å². The quantitative estimate of drug-likeness (QED) is 0.828. The standard InChI is InChI=1S/C20H20N4OS/c1-13-6-3-4-7-16(13)24-19(26)23(18(25)20(24)9-5-10-20)17-8-11-22-15(12-21)14(17)2/h3-4,6-8,11,19,26H,5,9-10H2,1-2H3. The van der Waals surface area contributed by atoms with Gasteiger partial charge in [0.2, 0.25) is 0 Å². The van der Waals surface area contributed by atoms with E-state index in [1.165, 1.54) is 0 Å². The van der Waals surface area contributed by atoms with Crippen LogP contribution in [0, 0.1) is 25.2 Å². The molecule has 2 fully saturated rings. The third-order valence-corrected chi connectivity index (χ3v) is 6.10. The van der Waals surface area contributed by atoms with E-state index in [-0.39, 0.29) is 5.91 Å². The number of para-hydroxylation sites is 1. The van der Waals surface area contributed by atoms with Gasteiger partial charge in [-0.15, -0.1) is 12.6 Å². The van der Waals surface area contributed by atoms with Gasteiger partial charge in [-0.05, 0) is 50.8 Å². The van der Waals surface area contributed by atoms with Crippen molar-refractivity contribution in [3.63, 3.8) is 0 Å². The number of aromatic nitrogens is 1. The molecule has 1 saturated carbocycles. The van der Waals surface area contributed by atoms with Gasteiger partial charge in [-0.1, -0.05) is 18.2 Å². The van der Waals surface area contributed by atoms with Crippen molar-refractivity contribution < 1.29 is 4.79 Å². The highest BCUT2D eigenvalue weighted by molar-refractivity contribution is 7.81. The second-order valence-corrected chi connectivity index (χ2v) is 7.44. The normalized spacial score (nSPS) is 21.0. The lowest BCUT2D eigenvalue weighted by molar-refractivity contribution is -0.124. The lowest BCUT2D eigenvalue weighted by Gasteiger charge is -2.45. The zero-order valence-electron chi connectivity index (χ0n) is 14.8. The van der Waals surface area contributed by atoms with Crippen molar-refractivity contribution in [1.82, 2.24) is 4.98 Å². The molecular formula is C20H20N4OS. The third kappa shape index (κ3) is 2.17. The molecule has 1 aliphatic carbocycles. The van der Waals surface area contributed by atoms with E-state index in [1.807, 2.05) is 19.1 Å². The van der Waals surface area contributed by atoms with Crippen LogP contribution in [-0.2, 0) is 4.79 Å². The zero-order valence-corrected chi connectivity index (χ0v) is 15.7. The first-order valence-electron chi connectivity index (χ1n) is 8.74. The van der Waals surface area contributed by atoms with Crippen molar-refractivity contribution >= 4 is 29.9 Å². The van der Waals surface area contributed by atoms with Crippen molar-refractivity contribution in [2.24, 2.45) is 0 Å². The molecule has 1 aromatic heterocycles. The molecule has 1 spiro atoms. The van der Waals surface area contributed by atoms with E-state index in [2.05, 4.69) is 35.0 Å². The Morgan fingerprint density at radius 1 is 1.23 bits per heavy atom. The van der Waals surface area contributed by atoms with Crippen LogP contribution < -0.4 is 9.80 Å². The van der Waals surface area contributed by atoms with Gasteiger partial charge in [0, 0.05) is 17.4 Å². The highest BCUT2D eigenvalue weighted by Crippen LogP contribution is 2.51. The first-order chi connectivity index (χ1) is 12.5. The number of anilines is 2. The molecule has 5 nitrogen and oxygen atoms in total. The summed E-state index contributed by atoms with van der Waals surface area (Å²) in [6.45, 7) is 3.89. The number of amides is 1. The Balaban J connectivity index is 1.86. The molecule has 0 bridgehead atoms. The molecule has 2 aliphatic rings. The summed E-state index contributed by atoms with van der Waals surface area (Å²) in [5, 5.41) is 9.30. The van der Waals surface area contributed by atoms with Gasteiger partial charge in [-0.3, -0.25) is 9.69 Å². The second kappa shape index (κ2) is 6.03. The van der Waals surface area contributed by atoms with Crippen molar-refractivity contribution in [3.05, 3.63) is 53.3 Å². The van der Waals surface area contributed by atoms with Crippen molar-refractivity contribution in [2.75, 3.05) is 9.80 Å². The first-order valence-corrected chi connectivity index (χ1v) is 9.25. The number of nitriles is 1. The fraction of sp³-hybridized carbons (Fsp3) is 0.350. The molecule has 1 aromatic carbocycles. The molecular weight excluding hydrogens is 344 g/mol. The predicted octanol–water partition coefficient (Wildman–Crippen LogP) is 3.56. The van der Waals surface area contributed by atoms with Gasteiger partial charge < -0.3 is 4.90 Å². The van der Waals surface area contributed by atoms with Gasteiger partial charge in [0.1, 0.15) is 17.3 Å². The van der Waals surface area contributed by atoms with Gasteiger partial charge in [0.15, 0.2) is 5.50 Å². The van der Waals surface area contributed by atoms with Gasteiger partial charge >= 0.3 is 0 Å². The van der Waals surface area contributed by atoms with Crippen LogP contribution >= 0.6 is 12.6 Å². The summed E-state index contributed by atoms with van der Waals surface area (Å²) in [6, 6.07) is 12.0. The van der Waals surface area contributed by atoms with E-state index in [9.17, 15) is 10.1 Å². The summed E-state index contributed by atoms with van der Waals surface area (Å²) < 4.78 is 0. The number of benzene rings is 1. The fourth-order valence-corrected chi connectivity index (χ4v) is 4.63. The zero-order chi connectivity index (χ0) is 18.5. The summed E-state index contributed by atoms with van der Waals surface area (Å²) in [4.78, 5) is 21.5. The highest BCUT2D eigenvalue weighted by Gasteiger charge is 2.60. The Morgan fingerprint density at radius 2 is 1.96 bits per heavy atom. The molecule has 132 valence electrons. The average Bonchev–Trinajstić information content (AvgIpc) is 2.83. The number of rotatable bonds is 2. The van der Waals surface area contributed by atoms with E-state index in [1.54, 1.807) is 17.2 Å². The maximum Gasteiger partial charge on any atom is 0.255 e. The number of thiol groups is 1. The minimum absolute atomic E-state index is 0.0604. The van der Waals surface area contributed by atoms with E-state index >= 15 is 0 Å². The maximum atomic E-state index is 13.5. The number of aryl methyl sites for hydroxylation is 1. The van der Waals surface area contributed by atoms with Crippen LogP contribution in [0.25, 0.3) is 0 Å². The molecule has 6 heteroatoms. The average molecular weight is 364 g/mol. The molecule has 0 N–H and O–H groups in total. The Morgan fingerprint density at radius 3 is 2.58 bits per heavy atom. The number of carbonyl (C=O) groups excluding carboxylic acids is 1. The Labute approximate surface area is 158 Å². The topological polar surface area (TPSA) is 60.2 Å². The van der Waals surface area contributed by atoms with Gasteiger partial charge in [-0.2, -0.15) is 5.26 Å². The lowest BCUT2D eigenvalue weighted by Crippen LogP contribution is -2.55. The van der Waals surface area contributed by atoms with Crippen LogP contribution in [-0.4, -0.2) is 21.9 Å². The summed E-state index contributed by atoms with van der Waals surface area (Å²) in [6.07, 6.45) is 4.26. The van der Waals surface area contributed by atoms with Gasteiger partial charge in [0.05, 0.1) is 5.69 Å². The lowest BCUT2D eigenvalue weighted by atomic mass is 9.75. The summed E-state index contributed by atoms with van der Waals surface area (Å²) in [7, 11) is 0. The molecule has 1 atom stereocenters. The van der Waals surface area contributed by atoms with E-state index in [4.69, 9.17) is 12.6 Å². The number of carbonyl (C=O) groups is 1. The number of nitrogens with zero attached hydrogens (tertiary/aromatic N) is 4. The molecule has 1 unspecified atom stereocenters. The number of hydrogen-bond acceptors (Lipinski definition) is 5. The Hall–Kier alpha value is -2.52. The van der Waals surface area contributed by atoms with E-state index < -0.39 is 11.0 Å². The van der Waals surface area contributed by atoms with E-state index in [0.29, 0.717) is 16.9 Å². The number of pyridine rings is 1. The van der Waals surface area contributed by atoms with E-state index in [0.717, 1.165) is 30.5 Å². The number of hydrogen-bond donors (Lipinski definition) is 1. The van der Waals surface area contributed by atoms with Gasteiger partial charge in [0.25, 0.3) is 5.91 Å². The van der Waals surface area contributed by atoms with Crippen molar-refractivity contribution in [2.45, 2.75) is 44.1 Å². The van der Waals surface area contributed by atoms with Crippen molar-refractivity contribution in [1.29, 1.82) is 5.26 Å². The Kier molecular flexibility index (Phi) is 3.92.